The monoisotopic (exact) mass is 176 g/mol. The summed E-state index contributed by atoms with van der Waals surface area (Å²) in [6.45, 7) is 0.760. The molecule has 1 aliphatic rings. The first-order valence-corrected chi connectivity index (χ1v) is 4.37. The highest BCUT2D eigenvalue weighted by molar-refractivity contribution is 5.60. The SMILES string of the molecule is COc1ccc2c(c1)C=CCCO2. The third-order valence-corrected chi connectivity index (χ3v) is 2.06. The van der Waals surface area contributed by atoms with E-state index in [0.29, 0.717) is 0 Å². The quantitative estimate of drug-likeness (QED) is 0.654. The summed E-state index contributed by atoms with van der Waals surface area (Å²) >= 11 is 0. The van der Waals surface area contributed by atoms with Crippen molar-refractivity contribution in [3.63, 3.8) is 0 Å². The van der Waals surface area contributed by atoms with Gasteiger partial charge in [-0.1, -0.05) is 12.2 Å². The largest absolute Gasteiger partial charge is 0.497 e. The van der Waals surface area contributed by atoms with Crippen LogP contribution in [0, 0.1) is 0 Å². The number of hydrogen-bond acceptors (Lipinski definition) is 2. The molecule has 0 radical (unpaired) electrons. The van der Waals surface area contributed by atoms with Gasteiger partial charge in [0.15, 0.2) is 0 Å². The zero-order chi connectivity index (χ0) is 9.10. The van der Waals surface area contributed by atoms with Gasteiger partial charge in [0.2, 0.25) is 0 Å². The molecule has 1 aliphatic heterocycles. The molecule has 0 spiro atoms. The zero-order valence-corrected chi connectivity index (χ0v) is 7.62. The van der Waals surface area contributed by atoms with Gasteiger partial charge < -0.3 is 9.47 Å². The maximum Gasteiger partial charge on any atom is 0.126 e. The fourth-order valence-corrected chi connectivity index (χ4v) is 1.36. The average Bonchev–Trinajstić information content (AvgIpc) is 2.41. The Kier molecular flexibility index (Phi) is 2.21. The molecule has 0 aliphatic carbocycles. The van der Waals surface area contributed by atoms with E-state index >= 15 is 0 Å². The predicted octanol–water partition coefficient (Wildman–Crippen LogP) is 2.49. The zero-order valence-electron chi connectivity index (χ0n) is 7.62. The highest BCUT2D eigenvalue weighted by Crippen LogP contribution is 2.27. The third kappa shape index (κ3) is 1.66. The molecule has 0 saturated heterocycles. The van der Waals surface area contributed by atoms with Crippen LogP contribution in [0.1, 0.15) is 12.0 Å². The first-order valence-electron chi connectivity index (χ1n) is 4.37. The molecule has 0 aromatic heterocycles. The van der Waals surface area contributed by atoms with Crippen molar-refractivity contribution in [2.45, 2.75) is 6.42 Å². The molecule has 0 unspecified atom stereocenters. The van der Waals surface area contributed by atoms with Crippen LogP contribution in [0.15, 0.2) is 24.3 Å². The Bertz CT molecular complexity index is 329. The standard InChI is InChI=1S/C11H12O2/c1-12-10-5-6-11-9(8-10)4-2-3-7-13-11/h2,4-6,8H,3,7H2,1H3. The van der Waals surface area contributed by atoms with Crippen LogP contribution < -0.4 is 9.47 Å². The van der Waals surface area contributed by atoms with Crippen molar-refractivity contribution in [3.8, 4) is 11.5 Å². The number of ether oxygens (including phenoxy) is 2. The second-order valence-electron chi connectivity index (χ2n) is 2.94. The van der Waals surface area contributed by atoms with Crippen molar-refractivity contribution < 1.29 is 9.47 Å². The molecule has 0 fully saturated rings. The van der Waals surface area contributed by atoms with Crippen LogP contribution in [0.2, 0.25) is 0 Å². The number of methoxy groups -OCH3 is 1. The second kappa shape index (κ2) is 3.52. The normalized spacial score (nSPS) is 14.2. The lowest BCUT2D eigenvalue weighted by Crippen LogP contribution is -1.95. The van der Waals surface area contributed by atoms with E-state index in [9.17, 15) is 0 Å². The molecule has 1 heterocycles. The fourth-order valence-electron chi connectivity index (χ4n) is 1.36. The highest BCUT2D eigenvalue weighted by Gasteiger charge is 2.04. The summed E-state index contributed by atoms with van der Waals surface area (Å²) in [5, 5.41) is 0. The Morgan fingerprint density at radius 2 is 2.31 bits per heavy atom. The van der Waals surface area contributed by atoms with Gasteiger partial charge in [-0.15, -0.1) is 0 Å². The molecule has 0 N–H and O–H groups in total. The molecule has 0 bridgehead atoms. The maximum absolute atomic E-state index is 5.53. The Morgan fingerprint density at radius 3 is 3.15 bits per heavy atom. The second-order valence-corrected chi connectivity index (χ2v) is 2.94. The van der Waals surface area contributed by atoms with Crippen LogP contribution in [0.25, 0.3) is 6.08 Å². The van der Waals surface area contributed by atoms with Crippen molar-refractivity contribution in [1.82, 2.24) is 0 Å². The summed E-state index contributed by atoms with van der Waals surface area (Å²) in [5.41, 5.74) is 1.09. The Balaban J connectivity index is 2.41. The summed E-state index contributed by atoms with van der Waals surface area (Å²) < 4.78 is 10.7. The summed E-state index contributed by atoms with van der Waals surface area (Å²) in [4.78, 5) is 0. The van der Waals surface area contributed by atoms with Gasteiger partial charge >= 0.3 is 0 Å². The lowest BCUT2D eigenvalue weighted by molar-refractivity contribution is 0.325. The van der Waals surface area contributed by atoms with Gasteiger partial charge in [-0.3, -0.25) is 0 Å². The minimum absolute atomic E-state index is 0.760. The van der Waals surface area contributed by atoms with Crippen molar-refractivity contribution in [2.75, 3.05) is 13.7 Å². The van der Waals surface area contributed by atoms with Crippen molar-refractivity contribution in [1.29, 1.82) is 0 Å². The van der Waals surface area contributed by atoms with Crippen LogP contribution in [0.5, 0.6) is 11.5 Å². The minimum atomic E-state index is 0.760. The Morgan fingerprint density at radius 1 is 1.38 bits per heavy atom. The number of rotatable bonds is 1. The van der Waals surface area contributed by atoms with E-state index in [-0.39, 0.29) is 0 Å². The third-order valence-electron chi connectivity index (χ3n) is 2.06. The molecule has 0 atom stereocenters. The Hall–Kier alpha value is -1.44. The summed E-state index contributed by atoms with van der Waals surface area (Å²) in [6.07, 6.45) is 5.16. The predicted molar refractivity (Wildman–Crippen MR) is 52.1 cm³/mol. The summed E-state index contributed by atoms with van der Waals surface area (Å²) in [7, 11) is 1.67. The first-order chi connectivity index (χ1) is 6.40. The lowest BCUT2D eigenvalue weighted by atomic mass is 10.2. The summed E-state index contributed by atoms with van der Waals surface area (Å²) in [6, 6.07) is 5.85. The molecule has 0 amide bonds. The molecular formula is C11H12O2. The van der Waals surface area contributed by atoms with Crippen LogP contribution in [-0.2, 0) is 0 Å². The van der Waals surface area contributed by atoms with E-state index in [1.165, 1.54) is 0 Å². The Labute approximate surface area is 77.8 Å². The molecule has 2 rings (SSSR count). The minimum Gasteiger partial charge on any atom is -0.497 e. The highest BCUT2D eigenvalue weighted by atomic mass is 16.5. The smallest absolute Gasteiger partial charge is 0.126 e. The van der Waals surface area contributed by atoms with E-state index in [1.807, 2.05) is 18.2 Å². The molecule has 1 aromatic rings. The van der Waals surface area contributed by atoms with Gasteiger partial charge in [0.25, 0.3) is 0 Å². The number of fused-ring (bicyclic) bond motifs is 1. The van der Waals surface area contributed by atoms with Crippen LogP contribution in [0.4, 0.5) is 0 Å². The van der Waals surface area contributed by atoms with Crippen molar-refractivity contribution >= 4 is 6.08 Å². The van der Waals surface area contributed by atoms with E-state index < -0.39 is 0 Å². The first kappa shape index (κ1) is 8.17. The van der Waals surface area contributed by atoms with Gasteiger partial charge in [-0.25, -0.2) is 0 Å². The van der Waals surface area contributed by atoms with E-state index in [4.69, 9.17) is 9.47 Å². The average molecular weight is 176 g/mol. The van der Waals surface area contributed by atoms with Gasteiger partial charge in [0.1, 0.15) is 11.5 Å². The van der Waals surface area contributed by atoms with Gasteiger partial charge in [-0.2, -0.15) is 0 Å². The van der Waals surface area contributed by atoms with Crippen molar-refractivity contribution in [3.05, 3.63) is 29.8 Å². The van der Waals surface area contributed by atoms with E-state index in [0.717, 1.165) is 30.1 Å². The topological polar surface area (TPSA) is 18.5 Å². The number of benzene rings is 1. The van der Waals surface area contributed by atoms with Crippen molar-refractivity contribution in [2.24, 2.45) is 0 Å². The molecule has 13 heavy (non-hydrogen) atoms. The summed E-state index contributed by atoms with van der Waals surface area (Å²) in [5.74, 6) is 1.81. The number of hydrogen-bond donors (Lipinski definition) is 0. The van der Waals surface area contributed by atoms with Gasteiger partial charge in [0.05, 0.1) is 13.7 Å². The van der Waals surface area contributed by atoms with Crippen LogP contribution in [-0.4, -0.2) is 13.7 Å². The van der Waals surface area contributed by atoms with Gasteiger partial charge in [0, 0.05) is 5.56 Å². The molecule has 68 valence electrons. The van der Waals surface area contributed by atoms with Crippen LogP contribution in [0.3, 0.4) is 0 Å². The van der Waals surface area contributed by atoms with Crippen LogP contribution >= 0.6 is 0 Å². The molecule has 1 aromatic carbocycles. The van der Waals surface area contributed by atoms with E-state index in [2.05, 4.69) is 12.2 Å². The molecule has 2 heteroatoms. The molecule has 2 nitrogen and oxygen atoms in total. The fraction of sp³-hybridized carbons (Fsp3) is 0.273. The maximum atomic E-state index is 5.53. The lowest BCUT2D eigenvalue weighted by Gasteiger charge is -2.07. The van der Waals surface area contributed by atoms with E-state index in [1.54, 1.807) is 7.11 Å². The molecular weight excluding hydrogens is 164 g/mol. The van der Waals surface area contributed by atoms with Gasteiger partial charge in [-0.05, 0) is 24.6 Å². The molecule has 0 saturated carbocycles.